The molecule has 1 unspecified atom stereocenters. The van der Waals surface area contributed by atoms with Crippen molar-refractivity contribution in [3.8, 4) is 0 Å². The van der Waals surface area contributed by atoms with Crippen LogP contribution in [0.25, 0.3) is 0 Å². The minimum Gasteiger partial charge on any atom is -0.314 e. The van der Waals surface area contributed by atoms with E-state index in [1.54, 1.807) is 0 Å². The lowest BCUT2D eigenvalue weighted by atomic mass is 9.97. The molecule has 1 aliphatic carbocycles. The van der Waals surface area contributed by atoms with Crippen molar-refractivity contribution >= 4 is 0 Å². The highest BCUT2D eigenvalue weighted by Gasteiger charge is 2.24. The zero-order valence-corrected chi connectivity index (χ0v) is 10.9. The first-order chi connectivity index (χ1) is 7.88. The zero-order chi connectivity index (χ0) is 11.2. The van der Waals surface area contributed by atoms with Gasteiger partial charge in [0.2, 0.25) is 0 Å². The van der Waals surface area contributed by atoms with Crippen LogP contribution in [0.3, 0.4) is 0 Å². The second kappa shape index (κ2) is 6.61. The summed E-state index contributed by atoms with van der Waals surface area (Å²) in [6.07, 6.45) is 9.87. The molecule has 1 aliphatic heterocycles. The lowest BCUT2D eigenvalue weighted by Gasteiger charge is -2.32. The lowest BCUT2D eigenvalue weighted by Crippen LogP contribution is -2.40. The minimum absolute atomic E-state index is 0.885. The highest BCUT2D eigenvalue weighted by Crippen LogP contribution is 2.21. The van der Waals surface area contributed by atoms with Crippen LogP contribution in [-0.4, -0.2) is 37.1 Å². The quantitative estimate of drug-likeness (QED) is 0.669. The van der Waals surface area contributed by atoms with Crippen molar-refractivity contribution in [2.75, 3.05) is 26.2 Å². The van der Waals surface area contributed by atoms with E-state index in [9.17, 15) is 0 Å². The molecule has 2 nitrogen and oxygen atoms in total. The Labute approximate surface area is 101 Å². The molecule has 1 saturated carbocycles. The summed E-state index contributed by atoms with van der Waals surface area (Å²) < 4.78 is 0. The highest BCUT2D eigenvalue weighted by molar-refractivity contribution is 4.83. The number of nitrogens with zero attached hydrogens (tertiary/aromatic N) is 1. The molecule has 1 atom stereocenters. The Balaban J connectivity index is 1.58. The van der Waals surface area contributed by atoms with E-state index in [-0.39, 0.29) is 0 Å². The molecule has 2 fully saturated rings. The molecule has 1 saturated heterocycles. The number of piperidine rings is 1. The predicted molar refractivity (Wildman–Crippen MR) is 69.7 cm³/mol. The van der Waals surface area contributed by atoms with Crippen LogP contribution in [0.2, 0.25) is 0 Å². The van der Waals surface area contributed by atoms with Gasteiger partial charge in [-0.25, -0.2) is 0 Å². The largest absolute Gasteiger partial charge is 0.314 e. The van der Waals surface area contributed by atoms with Gasteiger partial charge in [-0.2, -0.15) is 0 Å². The van der Waals surface area contributed by atoms with Gasteiger partial charge in [0.15, 0.2) is 0 Å². The Morgan fingerprint density at radius 1 is 1.19 bits per heavy atom. The van der Waals surface area contributed by atoms with Crippen LogP contribution in [0.5, 0.6) is 0 Å². The normalized spacial score (nSPS) is 27.2. The topological polar surface area (TPSA) is 15.3 Å². The van der Waals surface area contributed by atoms with Gasteiger partial charge >= 0.3 is 0 Å². The summed E-state index contributed by atoms with van der Waals surface area (Å²) in [4.78, 5) is 2.69. The SMILES string of the molecule is CCCCCN1CCCC(CNC2CC2)C1. The monoisotopic (exact) mass is 224 g/mol. The molecular formula is C14H28N2. The Morgan fingerprint density at radius 2 is 2.06 bits per heavy atom. The molecule has 2 heteroatoms. The predicted octanol–water partition coefficient (Wildman–Crippen LogP) is 2.64. The van der Waals surface area contributed by atoms with E-state index >= 15 is 0 Å². The van der Waals surface area contributed by atoms with E-state index in [1.165, 1.54) is 71.1 Å². The summed E-state index contributed by atoms with van der Waals surface area (Å²) in [7, 11) is 0. The second-order valence-electron chi connectivity index (χ2n) is 5.70. The van der Waals surface area contributed by atoms with Gasteiger partial charge in [-0.15, -0.1) is 0 Å². The summed E-state index contributed by atoms with van der Waals surface area (Å²) >= 11 is 0. The molecular weight excluding hydrogens is 196 g/mol. The number of nitrogens with one attached hydrogen (secondary N) is 1. The first-order valence-electron chi connectivity index (χ1n) is 7.34. The number of rotatable bonds is 7. The number of likely N-dealkylation sites (tertiary alicyclic amines) is 1. The smallest absolute Gasteiger partial charge is 0.00683 e. The minimum atomic E-state index is 0.885. The summed E-state index contributed by atoms with van der Waals surface area (Å²) in [5, 5.41) is 3.69. The number of hydrogen-bond donors (Lipinski definition) is 1. The fourth-order valence-corrected chi connectivity index (χ4v) is 2.73. The van der Waals surface area contributed by atoms with E-state index in [1.807, 2.05) is 0 Å². The van der Waals surface area contributed by atoms with E-state index in [4.69, 9.17) is 0 Å². The first kappa shape index (κ1) is 12.4. The van der Waals surface area contributed by atoms with Gasteiger partial charge in [-0.3, -0.25) is 0 Å². The van der Waals surface area contributed by atoms with Crippen molar-refractivity contribution in [3.63, 3.8) is 0 Å². The third-order valence-electron chi connectivity index (χ3n) is 3.95. The fourth-order valence-electron chi connectivity index (χ4n) is 2.73. The number of hydrogen-bond acceptors (Lipinski definition) is 2. The molecule has 0 aromatic carbocycles. The lowest BCUT2D eigenvalue weighted by molar-refractivity contribution is 0.169. The van der Waals surface area contributed by atoms with Crippen molar-refractivity contribution in [1.29, 1.82) is 0 Å². The Bertz CT molecular complexity index is 189. The summed E-state index contributed by atoms with van der Waals surface area (Å²) in [5.74, 6) is 0.927. The number of unbranched alkanes of at least 4 members (excludes halogenated alkanes) is 2. The zero-order valence-electron chi connectivity index (χ0n) is 10.9. The van der Waals surface area contributed by atoms with Crippen LogP contribution in [-0.2, 0) is 0 Å². The maximum atomic E-state index is 3.69. The van der Waals surface area contributed by atoms with E-state index < -0.39 is 0 Å². The Hall–Kier alpha value is -0.0800. The van der Waals surface area contributed by atoms with Gasteiger partial charge in [0.25, 0.3) is 0 Å². The maximum absolute atomic E-state index is 3.69. The van der Waals surface area contributed by atoms with Gasteiger partial charge in [-0.05, 0) is 57.7 Å². The molecule has 0 amide bonds. The van der Waals surface area contributed by atoms with Gasteiger partial charge in [0.1, 0.15) is 0 Å². The van der Waals surface area contributed by atoms with Crippen LogP contribution in [0, 0.1) is 5.92 Å². The molecule has 0 bridgehead atoms. The van der Waals surface area contributed by atoms with Crippen LogP contribution in [0.4, 0.5) is 0 Å². The molecule has 1 N–H and O–H groups in total. The highest BCUT2D eigenvalue weighted by atomic mass is 15.1. The summed E-state index contributed by atoms with van der Waals surface area (Å²) in [6, 6.07) is 0.885. The van der Waals surface area contributed by atoms with Crippen LogP contribution < -0.4 is 5.32 Å². The van der Waals surface area contributed by atoms with Gasteiger partial charge in [-0.1, -0.05) is 19.8 Å². The third kappa shape index (κ3) is 4.42. The van der Waals surface area contributed by atoms with Crippen LogP contribution in [0.15, 0.2) is 0 Å². The molecule has 16 heavy (non-hydrogen) atoms. The van der Waals surface area contributed by atoms with Crippen molar-refractivity contribution in [3.05, 3.63) is 0 Å². The third-order valence-corrected chi connectivity index (χ3v) is 3.95. The van der Waals surface area contributed by atoms with E-state index in [0.717, 1.165) is 12.0 Å². The average molecular weight is 224 g/mol. The molecule has 94 valence electrons. The van der Waals surface area contributed by atoms with Crippen molar-refractivity contribution in [2.45, 2.75) is 57.9 Å². The second-order valence-corrected chi connectivity index (χ2v) is 5.70. The van der Waals surface area contributed by atoms with Gasteiger partial charge < -0.3 is 10.2 Å². The molecule has 0 aromatic heterocycles. The van der Waals surface area contributed by atoms with Crippen molar-refractivity contribution in [1.82, 2.24) is 10.2 Å². The van der Waals surface area contributed by atoms with Crippen molar-refractivity contribution in [2.24, 2.45) is 5.92 Å². The van der Waals surface area contributed by atoms with E-state index in [0.29, 0.717) is 0 Å². The summed E-state index contributed by atoms with van der Waals surface area (Å²) in [6.45, 7) is 7.61. The van der Waals surface area contributed by atoms with Crippen LogP contribution in [0.1, 0.15) is 51.9 Å². The fraction of sp³-hybridized carbons (Fsp3) is 1.00. The van der Waals surface area contributed by atoms with Gasteiger partial charge in [0.05, 0.1) is 0 Å². The molecule has 0 spiro atoms. The van der Waals surface area contributed by atoms with Crippen molar-refractivity contribution < 1.29 is 0 Å². The Kier molecular flexibility index (Phi) is 5.11. The standard InChI is InChI=1S/C14H28N2/c1-2-3-4-9-16-10-5-6-13(12-16)11-15-14-7-8-14/h13-15H,2-12H2,1H3. The molecule has 1 heterocycles. The average Bonchev–Trinajstić information content (AvgIpc) is 3.11. The Morgan fingerprint density at radius 3 is 2.81 bits per heavy atom. The first-order valence-corrected chi connectivity index (χ1v) is 7.34. The molecule has 2 rings (SSSR count). The molecule has 0 radical (unpaired) electrons. The molecule has 2 aliphatic rings. The van der Waals surface area contributed by atoms with Gasteiger partial charge in [0, 0.05) is 12.6 Å². The van der Waals surface area contributed by atoms with E-state index in [2.05, 4.69) is 17.1 Å². The maximum Gasteiger partial charge on any atom is 0.00683 e. The summed E-state index contributed by atoms with van der Waals surface area (Å²) in [5.41, 5.74) is 0. The van der Waals surface area contributed by atoms with Crippen LogP contribution >= 0.6 is 0 Å². The molecule has 0 aromatic rings.